The average molecular weight is 299 g/mol. The number of nitrogens with zero attached hydrogens (tertiary/aromatic N) is 2. The Bertz CT molecular complexity index is 682. The van der Waals surface area contributed by atoms with Crippen LogP contribution in [0.3, 0.4) is 0 Å². The summed E-state index contributed by atoms with van der Waals surface area (Å²) < 4.78 is 24.0. The summed E-state index contributed by atoms with van der Waals surface area (Å²) in [7, 11) is 1.59. The molecule has 0 atom stereocenters. The van der Waals surface area contributed by atoms with E-state index in [1.165, 1.54) is 12.1 Å². The summed E-state index contributed by atoms with van der Waals surface area (Å²) in [4.78, 5) is 0.0844. The molecule has 0 amide bonds. The fourth-order valence-corrected chi connectivity index (χ4v) is 2.40. The predicted molar refractivity (Wildman–Crippen MR) is 75.3 cm³/mol. The van der Waals surface area contributed by atoms with Gasteiger partial charge in [0.25, 0.3) is 9.05 Å². The highest BCUT2D eigenvalue weighted by Gasteiger charge is 2.17. The van der Waals surface area contributed by atoms with Crippen LogP contribution in [0.5, 0.6) is 0 Å². The van der Waals surface area contributed by atoms with Crippen molar-refractivity contribution in [1.82, 2.24) is 9.78 Å². The van der Waals surface area contributed by atoms with Crippen LogP contribution in [0.15, 0.2) is 41.4 Å². The van der Waals surface area contributed by atoms with Crippen LogP contribution in [0.1, 0.15) is 26.5 Å². The van der Waals surface area contributed by atoms with Crippen LogP contribution in [-0.4, -0.2) is 18.2 Å². The predicted octanol–water partition coefficient (Wildman–Crippen LogP) is 3.10. The van der Waals surface area contributed by atoms with Gasteiger partial charge in [-0.05, 0) is 30.3 Å². The van der Waals surface area contributed by atoms with Crippen LogP contribution in [0, 0.1) is 0 Å². The Labute approximate surface area is 117 Å². The number of benzene rings is 1. The van der Waals surface area contributed by atoms with E-state index in [-0.39, 0.29) is 10.3 Å². The Morgan fingerprint density at radius 1 is 1.11 bits per heavy atom. The van der Waals surface area contributed by atoms with Crippen molar-refractivity contribution in [2.24, 2.45) is 0 Å². The van der Waals surface area contributed by atoms with Gasteiger partial charge in [0.05, 0.1) is 16.3 Å². The van der Waals surface area contributed by atoms with E-state index in [9.17, 15) is 8.42 Å². The van der Waals surface area contributed by atoms with Gasteiger partial charge in [-0.2, -0.15) is 5.10 Å². The van der Waals surface area contributed by atoms with E-state index in [0.717, 1.165) is 11.4 Å². The summed E-state index contributed by atoms with van der Waals surface area (Å²) in [6.07, 6.45) is 1.85. The SMILES string of the molecule is CC(C)(C)c1ccn(-c2ccc(S(=O)(=O)Cl)cc2)n1. The molecule has 0 radical (unpaired) electrons. The van der Waals surface area contributed by atoms with Gasteiger partial charge in [-0.15, -0.1) is 0 Å². The molecule has 0 N–H and O–H groups in total. The van der Waals surface area contributed by atoms with Gasteiger partial charge in [0.15, 0.2) is 0 Å². The molecule has 0 unspecified atom stereocenters. The van der Waals surface area contributed by atoms with Crippen molar-refractivity contribution in [1.29, 1.82) is 0 Å². The fourth-order valence-electron chi connectivity index (χ4n) is 1.63. The second-order valence-electron chi connectivity index (χ2n) is 5.33. The highest BCUT2D eigenvalue weighted by atomic mass is 35.7. The lowest BCUT2D eigenvalue weighted by molar-refractivity contribution is 0.560. The van der Waals surface area contributed by atoms with Gasteiger partial charge in [0, 0.05) is 22.3 Å². The van der Waals surface area contributed by atoms with E-state index >= 15 is 0 Å². The van der Waals surface area contributed by atoms with Crippen molar-refractivity contribution in [2.75, 3.05) is 0 Å². The summed E-state index contributed by atoms with van der Waals surface area (Å²) >= 11 is 0. The first-order valence-electron chi connectivity index (χ1n) is 5.79. The summed E-state index contributed by atoms with van der Waals surface area (Å²) in [5, 5.41) is 4.48. The van der Waals surface area contributed by atoms with Gasteiger partial charge >= 0.3 is 0 Å². The molecule has 0 fully saturated rings. The van der Waals surface area contributed by atoms with E-state index < -0.39 is 9.05 Å². The molecular weight excluding hydrogens is 284 g/mol. The van der Waals surface area contributed by atoms with E-state index in [1.807, 2.05) is 12.3 Å². The molecule has 19 heavy (non-hydrogen) atoms. The van der Waals surface area contributed by atoms with Crippen molar-refractivity contribution in [3.63, 3.8) is 0 Å². The number of hydrogen-bond donors (Lipinski definition) is 0. The minimum absolute atomic E-state index is 0.0231. The Balaban J connectivity index is 2.36. The number of halogens is 1. The summed E-state index contributed by atoms with van der Waals surface area (Å²) in [5.74, 6) is 0. The van der Waals surface area contributed by atoms with Gasteiger partial charge in [-0.3, -0.25) is 0 Å². The van der Waals surface area contributed by atoms with Crippen molar-refractivity contribution < 1.29 is 8.42 Å². The maximum absolute atomic E-state index is 11.2. The van der Waals surface area contributed by atoms with Crippen LogP contribution in [-0.2, 0) is 14.5 Å². The summed E-state index contributed by atoms with van der Waals surface area (Å²) in [5.41, 5.74) is 1.74. The van der Waals surface area contributed by atoms with E-state index in [1.54, 1.807) is 16.8 Å². The van der Waals surface area contributed by atoms with Crippen LogP contribution >= 0.6 is 10.7 Å². The number of hydrogen-bond acceptors (Lipinski definition) is 3. The molecule has 1 aromatic heterocycles. The smallest absolute Gasteiger partial charge is 0.241 e. The molecule has 4 nitrogen and oxygen atoms in total. The first kappa shape index (κ1) is 14.1. The third-order valence-electron chi connectivity index (χ3n) is 2.74. The zero-order valence-corrected chi connectivity index (χ0v) is 12.5. The van der Waals surface area contributed by atoms with Gasteiger partial charge in [-0.1, -0.05) is 20.8 Å². The molecule has 102 valence electrons. The largest absolute Gasteiger partial charge is 0.261 e. The molecule has 0 aliphatic rings. The first-order chi connectivity index (χ1) is 8.68. The van der Waals surface area contributed by atoms with Gasteiger partial charge in [0.1, 0.15) is 0 Å². The van der Waals surface area contributed by atoms with Gasteiger partial charge in [-0.25, -0.2) is 13.1 Å². The van der Waals surface area contributed by atoms with Crippen LogP contribution in [0.25, 0.3) is 5.69 Å². The monoisotopic (exact) mass is 298 g/mol. The maximum atomic E-state index is 11.2. The Morgan fingerprint density at radius 3 is 2.11 bits per heavy atom. The lowest BCUT2D eigenvalue weighted by atomic mass is 9.93. The van der Waals surface area contributed by atoms with E-state index in [2.05, 4.69) is 25.9 Å². The third-order valence-corrected chi connectivity index (χ3v) is 4.11. The molecule has 0 bridgehead atoms. The van der Waals surface area contributed by atoms with E-state index in [4.69, 9.17) is 10.7 Å². The topological polar surface area (TPSA) is 52.0 Å². The van der Waals surface area contributed by atoms with Crippen LogP contribution in [0.2, 0.25) is 0 Å². The molecule has 2 aromatic rings. The molecule has 0 aliphatic carbocycles. The lowest BCUT2D eigenvalue weighted by Gasteiger charge is -2.14. The molecule has 0 saturated carbocycles. The quantitative estimate of drug-likeness (QED) is 0.801. The molecule has 0 aliphatic heterocycles. The van der Waals surface area contributed by atoms with Gasteiger partial charge in [0.2, 0.25) is 0 Å². The van der Waals surface area contributed by atoms with E-state index in [0.29, 0.717) is 0 Å². The minimum atomic E-state index is -3.68. The minimum Gasteiger partial charge on any atom is -0.241 e. The second-order valence-corrected chi connectivity index (χ2v) is 7.89. The molecular formula is C13H15ClN2O2S. The first-order valence-corrected chi connectivity index (χ1v) is 8.10. The Morgan fingerprint density at radius 2 is 1.68 bits per heavy atom. The number of aromatic nitrogens is 2. The van der Waals surface area contributed by atoms with Crippen LogP contribution < -0.4 is 0 Å². The Hall–Kier alpha value is -1.33. The highest BCUT2D eigenvalue weighted by molar-refractivity contribution is 8.13. The molecule has 1 heterocycles. The molecule has 6 heteroatoms. The molecule has 1 aromatic carbocycles. The Kier molecular flexibility index (Phi) is 3.45. The number of rotatable bonds is 2. The summed E-state index contributed by atoms with van der Waals surface area (Å²) in [6.45, 7) is 6.26. The van der Waals surface area contributed by atoms with Crippen molar-refractivity contribution in [3.8, 4) is 5.69 Å². The fraction of sp³-hybridized carbons (Fsp3) is 0.308. The zero-order chi connectivity index (χ0) is 14.3. The molecule has 2 rings (SSSR count). The van der Waals surface area contributed by atoms with Crippen LogP contribution in [0.4, 0.5) is 0 Å². The maximum Gasteiger partial charge on any atom is 0.261 e. The zero-order valence-electron chi connectivity index (χ0n) is 11.0. The van der Waals surface area contributed by atoms with Crippen molar-refractivity contribution >= 4 is 19.7 Å². The molecule has 0 spiro atoms. The van der Waals surface area contributed by atoms with Crippen molar-refractivity contribution in [3.05, 3.63) is 42.2 Å². The standard InChI is InChI=1S/C13H15ClN2O2S/c1-13(2,3)12-8-9-16(15-12)10-4-6-11(7-5-10)19(14,17)18/h4-9H,1-3H3. The second kappa shape index (κ2) is 4.65. The normalized spacial score (nSPS) is 12.6. The lowest BCUT2D eigenvalue weighted by Crippen LogP contribution is -2.12. The summed E-state index contributed by atoms with van der Waals surface area (Å²) in [6, 6.07) is 8.24. The molecule has 0 saturated heterocycles. The highest BCUT2D eigenvalue weighted by Crippen LogP contribution is 2.22. The van der Waals surface area contributed by atoms with Crippen molar-refractivity contribution in [2.45, 2.75) is 31.1 Å². The average Bonchev–Trinajstić information content (AvgIpc) is 2.77. The third kappa shape index (κ3) is 3.16. The van der Waals surface area contributed by atoms with Gasteiger partial charge < -0.3 is 0 Å².